The molecule has 0 bridgehead atoms. The predicted molar refractivity (Wildman–Crippen MR) is 120 cm³/mol. The predicted octanol–water partition coefficient (Wildman–Crippen LogP) is 3.28. The maximum absolute atomic E-state index is 13.2. The van der Waals surface area contributed by atoms with E-state index < -0.39 is 5.91 Å². The average Bonchev–Trinajstić information content (AvgIpc) is 3.37. The number of amides is 2. The molecule has 1 aromatic carbocycles. The minimum Gasteiger partial charge on any atom is -0.368 e. The number of carbonyl (C=O) groups excluding carboxylic acids is 2. The van der Waals surface area contributed by atoms with E-state index in [9.17, 15) is 9.59 Å². The fourth-order valence-corrected chi connectivity index (χ4v) is 4.69. The SMILES string of the molecule is Cc1cc(C(=O)N2CCN(c3ccc(C(N)=O)cc3)CC2)c(C)n1Cc1cccs1. The number of nitrogens with two attached hydrogens (primary N) is 1. The molecule has 0 radical (unpaired) electrons. The minimum absolute atomic E-state index is 0.101. The molecule has 1 saturated heterocycles. The molecular weight excluding hydrogens is 396 g/mol. The van der Waals surface area contributed by atoms with Crippen molar-refractivity contribution in [3.8, 4) is 0 Å². The first kappa shape index (κ1) is 20.2. The van der Waals surface area contributed by atoms with Crippen molar-refractivity contribution in [2.24, 2.45) is 5.73 Å². The molecule has 2 aromatic heterocycles. The monoisotopic (exact) mass is 422 g/mol. The third-order valence-corrected chi connectivity index (χ3v) is 6.64. The summed E-state index contributed by atoms with van der Waals surface area (Å²) < 4.78 is 2.22. The quantitative estimate of drug-likeness (QED) is 0.686. The fourth-order valence-electron chi connectivity index (χ4n) is 3.99. The zero-order valence-corrected chi connectivity index (χ0v) is 18.1. The number of thiophene rings is 1. The van der Waals surface area contributed by atoms with Crippen molar-refractivity contribution in [2.45, 2.75) is 20.4 Å². The van der Waals surface area contributed by atoms with Crippen molar-refractivity contribution < 1.29 is 9.59 Å². The highest BCUT2D eigenvalue weighted by molar-refractivity contribution is 7.09. The van der Waals surface area contributed by atoms with E-state index >= 15 is 0 Å². The number of benzene rings is 1. The van der Waals surface area contributed by atoms with Crippen molar-refractivity contribution >= 4 is 28.8 Å². The number of carbonyl (C=O) groups is 2. The Morgan fingerprint density at radius 2 is 1.73 bits per heavy atom. The standard InChI is InChI=1S/C23H26N4O2S/c1-16-14-21(17(2)27(16)15-20-4-3-13-30-20)23(29)26-11-9-25(10-12-26)19-7-5-18(6-8-19)22(24)28/h3-8,13-14H,9-12,15H2,1-2H3,(H2,24,28). The smallest absolute Gasteiger partial charge is 0.255 e. The Bertz CT molecular complexity index is 1050. The second-order valence-electron chi connectivity index (χ2n) is 7.64. The van der Waals surface area contributed by atoms with Crippen molar-refractivity contribution in [1.29, 1.82) is 0 Å². The number of rotatable bonds is 5. The summed E-state index contributed by atoms with van der Waals surface area (Å²) in [7, 11) is 0. The Balaban J connectivity index is 1.42. The van der Waals surface area contributed by atoms with Crippen LogP contribution in [-0.2, 0) is 6.54 Å². The van der Waals surface area contributed by atoms with Gasteiger partial charge in [0.1, 0.15) is 0 Å². The Labute approximate surface area is 180 Å². The van der Waals surface area contributed by atoms with E-state index in [-0.39, 0.29) is 5.91 Å². The van der Waals surface area contributed by atoms with Gasteiger partial charge in [-0.1, -0.05) is 6.07 Å². The molecular formula is C23H26N4O2S. The zero-order chi connectivity index (χ0) is 21.3. The van der Waals surface area contributed by atoms with E-state index in [0.717, 1.165) is 42.3 Å². The summed E-state index contributed by atoms with van der Waals surface area (Å²) in [5.41, 5.74) is 9.79. The van der Waals surface area contributed by atoms with Gasteiger partial charge in [0.15, 0.2) is 0 Å². The van der Waals surface area contributed by atoms with Crippen molar-refractivity contribution in [3.63, 3.8) is 0 Å². The molecule has 0 aliphatic carbocycles. The van der Waals surface area contributed by atoms with E-state index in [1.807, 2.05) is 30.0 Å². The van der Waals surface area contributed by atoms with Gasteiger partial charge in [-0.15, -0.1) is 11.3 Å². The van der Waals surface area contributed by atoms with Crippen LogP contribution >= 0.6 is 11.3 Å². The molecule has 1 aliphatic rings. The molecule has 3 heterocycles. The number of hydrogen-bond acceptors (Lipinski definition) is 4. The van der Waals surface area contributed by atoms with Crippen LogP contribution in [0.25, 0.3) is 0 Å². The summed E-state index contributed by atoms with van der Waals surface area (Å²) in [6.07, 6.45) is 0. The molecule has 0 atom stereocenters. The van der Waals surface area contributed by atoms with Crippen LogP contribution in [0.1, 0.15) is 37.0 Å². The van der Waals surface area contributed by atoms with Gasteiger partial charge < -0.3 is 20.1 Å². The Kier molecular flexibility index (Phi) is 5.63. The van der Waals surface area contributed by atoms with Gasteiger partial charge in [-0.2, -0.15) is 0 Å². The van der Waals surface area contributed by atoms with Crippen molar-refractivity contribution in [2.75, 3.05) is 31.1 Å². The Morgan fingerprint density at radius 1 is 1.03 bits per heavy atom. The van der Waals surface area contributed by atoms with Gasteiger partial charge in [-0.3, -0.25) is 9.59 Å². The first-order chi connectivity index (χ1) is 14.4. The van der Waals surface area contributed by atoms with Crippen LogP contribution in [0.15, 0.2) is 47.8 Å². The molecule has 7 heteroatoms. The normalized spacial score (nSPS) is 14.2. The van der Waals surface area contributed by atoms with Gasteiger partial charge in [0.2, 0.25) is 5.91 Å². The van der Waals surface area contributed by atoms with Crippen LogP contribution in [0.3, 0.4) is 0 Å². The Hall–Kier alpha value is -3.06. The number of hydrogen-bond donors (Lipinski definition) is 1. The molecule has 30 heavy (non-hydrogen) atoms. The first-order valence-electron chi connectivity index (χ1n) is 10.1. The lowest BCUT2D eigenvalue weighted by molar-refractivity contribution is 0.0745. The van der Waals surface area contributed by atoms with Gasteiger partial charge in [-0.05, 0) is 55.6 Å². The minimum atomic E-state index is -0.423. The van der Waals surface area contributed by atoms with E-state index in [1.54, 1.807) is 23.5 Å². The van der Waals surface area contributed by atoms with Crippen LogP contribution in [0.2, 0.25) is 0 Å². The first-order valence-corrected chi connectivity index (χ1v) is 10.9. The highest BCUT2D eigenvalue weighted by Crippen LogP contribution is 2.22. The summed E-state index contributed by atoms with van der Waals surface area (Å²) >= 11 is 1.73. The molecule has 4 rings (SSSR count). The van der Waals surface area contributed by atoms with E-state index in [1.165, 1.54) is 4.88 Å². The Morgan fingerprint density at radius 3 is 2.33 bits per heavy atom. The van der Waals surface area contributed by atoms with Crippen LogP contribution in [-0.4, -0.2) is 47.5 Å². The van der Waals surface area contributed by atoms with Crippen LogP contribution in [0, 0.1) is 13.8 Å². The molecule has 0 spiro atoms. The topological polar surface area (TPSA) is 71.6 Å². The number of piperazine rings is 1. The maximum atomic E-state index is 13.2. The molecule has 2 N–H and O–H groups in total. The summed E-state index contributed by atoms with van der Waals surface area (Å²) in [5.74, 6) is -0.321. The summed E-state index contributed by atoms with van der Waals surface area (Å²) in [5, 5.41) is 2.08. The van der Waals surface area contributed by atoms with Gasteiger partial charge >= 0.3 is 0 Å². The molecule has 1 aliphatic heterocycles. The molecule has 0 unspecified atom stereocenters. The van der Waals surface area contributed by atoms with Gasteiger partial charge in [-0.25, -0.2) is 0 Å². The lowest BCUT2D eigenvalue weighted by Gasteiger charge is -2.36. The molecule has 156 valence electrons. The van der Waals surface area contributed by atoms with E-state index in [2.05, 4.69) is 33.9 Å². The lowest BCUT2D eigenvalue weighted by Crippen LogP contribution is -2.48. The third kappa shape index (κ3) is 3.98. The second-order valence-corrected chi connectivity index (χ2v) is 8.67. The zero-order valence-electron chi connectivity index (χ0n) is 17.3. The fraction of sp³-hybridized carbons (Fsp3) is 0.304. The van der Waals surface area contributed by atoms with E-state index in [4.69, 9.17) is 5.73 Å². The molecule has 1 fully saturated rings. The second kappa shape index (κ2) is 8.36. The van der Waals surface area contributed by atoms with Crippen LogP contribution in [0.5, 0.6) is 0 Å². The molecule has 0 saturated carbocycles. The highest BCUT2D eigenvalue weighted by Gasteiger charge is 2.25. The number of aryl methyl sites for hydroxylation is 1. The van der Waals surface area contributed by atoms with Crippen molar-refractivity contribution in [3.05, 3.63) is 75.2 Å². The third-order valence-electron chi connectivity index (χ3n) is 5.78. The van der Waals surface area contributed by atoms with Gasteiger partial charge in [0.05, 0.1) is 12.1 Å². The van der Waals surface area contributed by atoms with E-state index in [0.29, 0.717) is 18.7 Å². The summed E-state index contributed by atoms with van der Waals surface area (Å²) in [4.78, 5) is 29.9. The van der Waals surface area contributed by atoms with Gasteiger partial charge in [0.25, 0.3) is 5.91 Å². The van der Waals surface area contributed by atoms with Gasteiger partial charge in [0, 0.05) is 53.7 Å². The molecule has 3 aromatic rings. The van der Waals surface area contributed by atoms with Crippen LogP contribution < -0.4 is 10.6 Å². The number of nitrogens with zero attached hydrogens (tertiary/aromatic N) is 3. The molecule has 6 nitrogen and oxygen atoms in total. The summed E-state index contributed by atoms with van der Waals surface area (Å²) in [6, 6.07) is 13.5. The largest absolute Gasteiger partial charge is 0.368 e. The van der Waals surface area contributed by atoms with Crippen LogP contribution in [0.4, 0.5) is 5.69 Å². The average molecular weight is 423 g/mol. The maximum Gasteiger partial charge on any atom is 0.255 e. The number of primary amides is 1. The number of anilines is 1. The highest BCUT2D eigenvalue weighted by atomic mass is 32.1. The summed E-state index contributed by atoms with van der Waals surface area (Å²) in [6.45, 7) is 7.76. The number of aromatic nitrogens is 1. The lowest BCUT2D eigenvalue weighted by atomic mass is 10.1. The van der Waals surface area contributed by atoms with Crippen molar-refractivity contribution in [1.82, 2.24) is 9.47 Å². The molecule has 2 amide bonds.